The Morgan fingerprint density at radius 3 is 2.45 bits per heavy atom. The van der Waals surface area contributed by atoms with Crippen molar-refractivity contribution < 1.29 is 4.79 Å². The molecule has 1 amide bonds. The second kappa shape index (κ2) is 9.12. The molecule has 2 aromatic rings. The number of likely N-dealkylation sites (tertiary alicyclic amines) is 1. The number of aromatic nitrogens is 2. The largest absolute Gasteiger partial charge is 0.349 e. The third-order valence-electron chi connectivity index (χ3n) is 7.05. The zero-order valence-corrected chi connectivity index (χ0v) is 17.8. The summed E-state index contributed by atoms with van der Waals surface area (Å²) in [5.74, 6) is 1.48. The summed E-state index contributed by atoms with van der Waals surface area (Å²) in [4.78, 5) is 15.2. The van der Waals surface area contributed by atoms with Gasteiger partial charge < -0.3 is 10.2 Å². The van der Waals surface area contributed by atoms with Crippen LogP contribution in [0.1, 0.15) is 66.1 Å². The Morgan fingerprint density at radius 1 is 1.14 bits per heavy atom. The second-order valence-corrected chi connectivity index (χ2v) is 8.88. The molecule has 1 atom stereocenters. The van der Waals surface area contributed by atoms with Crippen LogP contribution in [0, 0.1) is 12.8 Å². The topological polar surface area (TPSA) is 50.2 Å². The Bertz CT molecular complexity index is 802. The average molecular weight is 395 g/mol. The van der Waals surface area contributed by atoms with E-state index < -0.39 is 0 Å². The summed E-state index contributed by atoms with van der Waals surface area (Å²) in [5, 5.41) is 7.42. The van der Waals surface area contributed by atoms with Crippen molar-refractivity contribution in [1.82, 2.24) is 20.0 Å². The van der Waals surface area contributed by atoms with Gasteiger partial charge in [0, 0.05) is 38.4 Å². The molecule has 1 N–H and O–H groups in total. The Labute approximate surface area is 174 Å². The number of aryl methyl sites for hydroxylation is 1. The normalized spacial score (nSPS) is 20.1. The van der Waals surface area contributed by atoms with E-state index in [1.807, 2.05) is 14.0 Å². The summed E-state index contributed by atoms with van der Waals surface area (Å²) >= 11 is 0. The highest BCUT2D eigenvalue weighted by atomic mass is 16.1. The fourth-order valence-electron chi connectivity index (χ4n) is 5.11. The van der Waals surface area contributed by atoms with Gasteiger partial charge in [-0.15, -0.1) is 0 Å². The lowest BCUT2D eigenvalue weighted by atomic mass is 9.84. The molecule has 2 fully saturated rings. The zero-order valence-electron chi connectivity index (χ0n) is 17.8. The van der Waals surface area contributed by atoms with E-state index in [1.165, 1.54) is 31.2 Å². The monoisotopic (exact) mass is 394 g/mol. The molecule has 0 bridgehead atoms. The van der Waals surface area contributed by atoms with E-state index in [0.717, 1.165) is 44.1 Å². The van der Waals surface area contributed by atoms with Crippen LogP contribution in [0.4, 0.5) is 0 Å². The Kier molecular flexibility index (Phi) is 6.34. The summed E-state index contributed by atoms with van der Waals surface area (Å²) in [6.45, 7) is 5.22. The lowest BCUT2D eigenvalue weighted by Gasteiger charge is -2.36. The van der Waals surface area contributed by atoms with Gasteiger partial charge in [0.25, 0.3) is 5.91 Å². The van der Waals surface area contributed by atoms with Crippen LogP contribution in [0.15, 0.2) is 36.5 Å². The molecule has 5 heteroatoms. The summed E-state index contributed by atoms with van der Waals surface area (Å²) < 4.78 is 1.75. The van der Waals surface area contributed by atoms with Gasteiger partial charge in [-0.25, -0.2) is 0 Å². The number of amides is 1. The van der Waals surface area contributed by atoms with Crippen molar-refractivity contribution >= 4 is 5.91 Å². The van der Waals surface area contributed by atoms with Gasteiger partial charge in [0.2, 0.25) is 0 Å². The van der Waals surface area contributed by atoms with Crippen LogP contribution in [0.25, 0.3) is 0 Å². The summed E-state index contributed by atoms with van der Waals surface area (Å²) in [7, 11) is 1.87. The maximum atomic E-state index is 12.6. The molecule has 0 spiro atoms. The molecule has 5 nitrogen and oxygen atoms in total. The van der Waals surface area contributed by atoms with E-state index in [-0.39, 0.29) is 11.9 Å². The smallest absolute Gasteiger partial charge is 0.254 e. The maximum Gasteiger partial charge on any atom is 0.254 e. The highest BCUT2D eigenvalue weighted by Gasteiger charge is 2.30. The van der Waals surface area contributed by atoms with Crippen molar-refractivity contribution in [1.29, 1.82) is 0 Å². The number of hydrogen-bond donors (Lipinski definition) is 1. The standard InChI is InChI=1S/C24H34N4O/c1-18-22(16-25-27(18)2)24(29)26-21-12-14-28(15-13-21)17-23(20-10-6-7-11-20)19-8-4-3-5-9-19/h3-5,8-9,16,20-21,23H,6-7,10-15,17H2,1-2H3,(H,26,29)/t23-/m0/s1. The number of nitrogens with zero attached hydrogens (tertiary/aromatic N) is 3. The zero-order chi connectivity index (χ0) is 20.2. The van der Waals surface area contributed by atoms with Gasteiger partial charge >= 0.3 is 0 Å². The van der Waals surface area contributed by atoms with Crippen molar-refractivity contribution in [3.8, 4) is 0 Å². The summed E-state index contributed by atoms with van der Waals surface area (Å²) in [6, 6.07) is 11.4. The molecule has 156 valence electrons. The molecule has 1 saturated carbocycles. The molecule has 1 aromatic heterocycles. The van der Waals surface area contributed by atoms with Crippen LogP contribution in [0.5, 0.6) is 0 Å². The highest BCUT2D eigenvalue weighted by Crippen LogP contribution is 2.38. The lowest BCUT2D eigenvalue weighted by Crippen LogP contribution is -2.46. The van der Waals surface area contributed by atoms with Gasteiger partial charge in [-0.05, 0) is 50.0 Å². The molecule has 1 aliphatic carbocycles. The van der Waals surface area contributed by atoms with Gasteiger partial charge in [0.05, 0.1) is 11.8 Å². The SMILES string of the molecule is Cc1c(C(=O)NC2CCN(C[C@@H](c3ccccc3)C3CCCC3)CC2)cnn1C. The molecule has 0 unspecified atom stereocenters. The van der Waals surface area contributed by atoms with Gasteiger partial charge in [-0.1, -0.05) is 43.2 Å². The predicted octanol–water partition coefficient (Wildman–Crippen LogP) is 3.90. The first kappa shape index (κ1) is 20.1. The highest BCUT2D eigenvalue weighted by molar-refractivity contribution is 5.95. The van der Waals surface area contributed by atoms with Crippen molar-refractivity contribution in [2.75, 3.05) is 19.6 Å². The molecule has 0 radical (unpaired) electrons. The molecule has 1 aromatic carbocycles. The first-order valence-electron chi connectivity index (χ1n) is 11.2. The summed E-state index contributed by atoms with van der Waals surface area (Å²) in [5.41, 5.74) is 3.12. The number of rotatable bonds is 6. The number of carbonyl (C=O) groups is 1. The molecule has 1 aliphatic heterocycles. The van der Waals surface area contributed by atoms with Crippen molar-refractivity contribution in [3.05, 3.63) is 53.3 Å². The minimum Gasteiger partial charge on any atom is -0.349 e. The Morgan fingerprint density at radius 2 is 1.83 bits per heavy atom. The molecule has 2 heterocycles. The van der Waals surface area contributed by atoms with Crippen molar-refractivity contribution in [2.45, 2.75) is 57.4 Å². The molecule has 2 aliphatic rings. The number of benzene rings is 1. The molecule has 29 heavy (non-hydrogen) atoms. The van der Waals surface area contributed by atoms with E-state index >= 15 is 0 Å². The van der Waals surface area contributed by atoms with Gasteiger partial charge in [0.1, 0.15) is 0 Å². The van der Waals surface area contributed by atoms with Crippen LogP contribution < -0.4 is 5.32 Å². The molecule has 4 rings (SSSR count). The van der Waals surface area contributed by atoms with Crippen LogP contribution in [-0.4, -0.2) is 46.3 Å². The number of carbonyl (C=O) groups excluding carboxylic acids is 1. The van der Waals surface area contributed by atoms with Crippen LogP contribution in [-0.2, 0) is 7.05 Å². The number of nitrogens with one attached hydrogen (secondary N) is 1. The summed E-state index contributed by atoms with van der Waals surface area (Å²) in [6.07, 6.45) is 9.24. The fourth-order valence-corrected chi connectivity index (χ4v) is 5.11. The van der Waals surface area contributed by atoms with E-state index in [0.29, 0.717) is 11.5 Å². The minimum atomic E-state index is 0.0159. The Hall–Kier alpha value is -2.14. The second-order valence-electron chi connectivity index (χ2n) is 8.88. The molecular weight excluding hydrogens is 360 g/mol. The van der Waals surface area contributed by atoms with E-state index in [1.54, 1.807) is 10.9 Å². The van der Waals surface area contributed by atoms with E-state index in [2.05, 4.69) is 45.6 Å². The van der Waals surface area contributed by atoms with Crippen LogP contribution >= 0.6 is 0 Å². The Balaban J connectivity index is 1.32. The first-order chi connectivity index (χ1) is 14.1. The minimum absolute atomic E-state index is 0.0159. The van der Waals surface area contributed by atoms with Gasteiger partial charge in [0.15, 0.2) is 0 Å². The third kappa shape index (κ3) is 4.72. The quantitative estimate of drug-likeness (QED) is 0.808. The predicted molar refractivity (Wildman–Crippen MR) is 116 cm³/mol. The van der Waals surface area contributed by atoms with Crippen molar-refractivity contribution in [2.24, 2.45) is 13.0 Å². The third-order valence-corrected chi connectivity index (χ3v) is 7.05. The fraction of sp³-hybridized carbons (Fsp3) is 0.583. The van der Waals surface area contributed by atoms with Crippen LogP contribution in [0.3, 0.4) is 0 Å². The molecular formula is C24H34N4O. The van der Waals surface area contributed by atoms with Crippen LogP contribution in [0.2, 0.25) is 0 Å². The number of piperidine rings is 1. The lowest BCUT2D eigenvalue weighted by molar-refractivity contribution is 0.0906. The van der Waals surface area contributed by atoms with Gasteiger partial charge in [-0.2, -0.15) is 5.10 Å². The number of hydrogen-bond acceptors (Lipinski definition) is 3. The van der Waals surface area contributed by atoms with E-state index in [9.17, 15) is 4.79 Å². The average Bonchev–Trinajstić information content (AvgIpc) is 3.39. The van der Waals surface area contributed by atoms with Gasteiger partial charge in [-0.3, -0.25) is 9.48 Å². The maximum absolute atomic E-state index is 12.6. The van der Waals surface area contributed by atoms with E-state index in [4.69, 9.17) is 0 Å². The molecule has 1 saturated heterocycles. The first-order valence-corrected chi connectivity index (χ1v) is 11.2. The van der Waals surface area contributed by atoms with Crippen molar-refractivity contribution in [3.63, 3.8) is 0 Å².